The van der Waals surface area contributed by atoms with Gasteiger partial charge in [0, 0.05) is 65.5 Å². The molecule has 1 atom stereocenters. The number of para-hydroxylation sites is 1. The number of aromatic nitrogens is 3. The van der Waals surface area contributed by atoms with Crippen LogP contribution < -0.4 is 9.80 Å². The molecule has 0 saturated carbocycles. The molecular formula is C25H31N7O2S. The third-order valence-corrected chi connectivity index (χ3v) is 8.21. The van der Waals surface area contributed by atoms with Crippen LogP contribution in [-0.2, 0) is 4.74 Å². The number of amides is 1. The van der Waals surface area contributed by atoms with E-state index in [0.29, 0.717) is 24.2 Å². The van der Waals surface area contributed by atoms with Crippen molar-refractivity contribution in [2.75, 3.05) is 75.3 Å². The number of carbonyl (C=O) groups excluding carboxylic acids is 1. The largest absolute Gasteiger partial charge is 0.377 e. The summed E-state index contributed by atoms with van der Waals surface area (Å²) in [6.07, 6.45) is 2.80. The van der Waals surface area contributed by atoms with Crippen LogP contribution in [0.5, 0.6) is 0 Å². The third kappa shape index (κ3) is 4.96. The number of ether oxygens (including phenoxy) is 1. The Bertz CT molecular complexity index is 1120. The summed E-state index contributed by atoms with van der Waals surface area (Å²) in [7, 11) is 0. The molecule has 1 unspecified atom stereocenters. The molecule has 5 heterocycles. The molecule has 35 heavy (non-hydrogen) atoms. The first-order valence-electron chi connectivity index (χ1n) is 12.6. The lowest BCUT2D eigenvalue weighted by Gasteiger charge is -2.36. The van der Waals surface area contributed by atoms with Gasteiger partial charge in [-0.05, 0) is 37.1 Å². The third-order valence-electron chi connectivity index (χ3n) is 7.19. The molecule has 2 aromatic heterocycles. The van der Waals surface area contributed by atoms with Gasteiger partial charge in [-0.1, -0.05) is 12.1 Å². The van der Waals surface area contributed by atoms with Crippen molar-refractivity contribution in [2.45, 2.75) is 18.9 Å². The van der Waals surface area contributed by atoms with Crippen LogP contribution in [0, 0.1) is 0 Å². The monoisotopic (exact) mass is 493 g/mol. The molecular weight excluding hydrogens is 462 g/mol. The van der Waals surface area contributed by atoms with Crippen molar-refractivity contribution in [3.05, 3.63) is 41.4 Å². The van der Waals surface area contributed by atoms with Crippen LogP contribution in [0.25, 0.3) is 10.2 Å². The number of fused-ring (bicyclic) bond motifs is 1. The molecule has 0 bridgehead atoms. The average Bonchev–Trinajstić information content (AvgIpc) is 3.59. The second-order valence-electron chi connectivity index (χ2n) is 9.44. The minimum Gasteiger partial charge on any atom is -0.377 e. The van der Waals surface area contributed by atoms with E-state index in [1.54, 1.807) is 0 Å². The summed E-state index contributed by atoms with van der Waals surface area (Å²) in [5, 5.41) is 9.63. The number of carbonyl (C=O) groups is 1. The highest BCUT2D eigenvalue weighted by atomic mass is 32.1. The maximum Gasteiger partial charge on any atom is 0.282 e. The molecule has 3 saturated heterocycles. The number of piperazine rings is 2. The lowest BCUT2D eigenvalue weighted by atomic mass is 10.2. The van der Waals surface area contributed by atoms with Gasteiger partial charge in [-0.25, -0.2) is 4.98 Å². The maximum absolute atomic E-state index is 13.0. The molecule has 0 radical (unpaired) electrons. The highest BCUT2D eigenvalue weighted by Gasteiger charge is 2.26. The zero-order chi connectivity index (χ0) is 23.6. The van der Waals surface area contributed by atoms with Gasteiger partial charge >= 0.3 is 0 Å². The zero-order valence-corrected chi connectivity index (χ0v) is 20.7. The number of anilines is 2. The Morgan fingerprint density at radius 2 is 1.60 bits per heavy atom. The van der Waals surface area contributed by atoms with Crippen LogP contribution in [0.3, 0.4) is 0 Å². The van der Waals surface area contributed by atoms with Crippen LogP contribution >= 0.6 is 11.3 Å². The van der Waals surface area contributed by atoms with E-state index in [9.17, 15) is 4.79 Å². The van der Waals surface area contributed by atoms with E-state index >= 15 is 0 Å². The fraction of sp³-hybridized carbons (Fsp3) is 0.520. The van der Waals surface area contributed by atoms with Gasteiger partial charge in [0.2, 0.25) is 0 Å². The van der Waals surface area contributed by atoms with Gasteiger partial charge in [-0.3, -0.25) is 9.69 Å². The summed E-state index contributed by atoms with van der Waals surface area (Å²) in [6.45, 7) is 8.77. The first-order chi connectivity index (χ1) is 17.2. The lowest BCUT2D eigenvalue weighted by molar-refractivity contribution is 0.0712. The van der Waals surface area contributed by atoms with E-state index in [2.05, 4.69) is 42.0 Å². The Balaban J connectivity index is 1.00. The summed E-state index contributed by atoms with van der Waals surface area (Å²) in [4.78, 5) is 26.4. The predicted octanol–water partition coefficient (Wildman–Crippen LogP) is 2.35. The number of rotatable bonds is 5. The van der Waals surface area contributed by atoms with Crippen LogP contribution in [0.4, 0.5) is 11.6 Å². The Morgan fingerprint density at radius 1 is 0.914 bits per heavy atom. The summed E-state index contributed by atoms with van der Waals surface area (Å²) < 4.78 is 6.84. The Labute approximate surface area is 209 Å². The molecule has 3 aromatic rings. The van der Waals surface area contributed by atoms with E-state index in [1.165, 1.54) is 24.2 Å². The molecule has 0 aliphatic carbocycles. The number of benzene rings is 1. The minimum atomic E-state index is 0.0194. The fourth-order valence-electron chi connectivity index (χ4n) is 5.13. The Hall–Kier alpha value is -2.82. The average molecular weight is 494 g/mol. The molecule has 1 amide bonds. The van der Waals surface area contributed by atoms with Crippen molar-refractivity contribution in [3.63, 3.8) is 0 Å². The molecule has 10 heteroatoms. The number of nitrogens with zero attached hydrogens (tertiary/aromatic N) is 7. The van der Waals surface area contributed by atoms with Crippen molar-refractivity contribution in [1.29, 1.82) is 0 Å². The summed E-state index contributed by atoms with van der Waals surface area (Å²) in [5.41, 5.74) is 0.888. The van der Waals surface area contributed by atoms with Crippen molar-refractivity contribution in [3.8, 4) is 0 Å². The quantitative estimate of drug-likeness (QED) is 0.536. The van der Waals surface area contributed by atoms with Crippen LogP contribution in [0.2, 0.25) is 0 Å². The van der Waals surface area contributed by atoms with E-state index in [4.69, 9.17) is 4.74 Å². The molecule has 0 spiro atoms. The molecule has 3 fully saturated rings. The van der Waals surface area contributed by atoms with Gasteiger partial charge in [0.15, 0.2) is 16.6 Å². The van der Waals surface area contributed by atoms with Crippen LogP contribution in [0.15, 0.2) is 36.4 Å². The molecule has 3 aliphatic rings. The molecule has 1 aromatic carbocycles. The van der Waals surface area contributed by atoms with E-state index in [1.807, 2.05) is 29.2 Å². The van der Waals surface area contributed by atoms with Crippen LogP contribution in [0.1, 0.15) is 22.6 Å². The fourth-order valence-corrected chi connectivity index (χ4v) is 6.06. The second-order valence-corrected chi connectivity index (χ2v) is 10.5. The maximum atomic E-state index is 13.0. The van der Waals surface area contributed by atoms with Gasteiger partial charge in [0.25, 0.3) is 5.91 Å². The highest BCUT2D eigenvalue weighted by Crippen LogP contribution is 2.24. The van der Waals surface area contributed by atoms with Crippen molar-refractivity contribution in [2.24, 2.45) is 0 Å². The van der Waals surface area contributed by atoms with Crippen molar-refractivity contribution >= 4 is 39.1 Å². The topological polar surface area (TPSA) is 77.9 Å². The Morgan fingerprint density at radius 3 is 2.23 bits per heavy atom. The van der Waals surface area contributed by atoms with Crippen molar-refractivity contribution in [1.82, 2.24) is 25.0 Å². The Kier molecular flexibility index (Phi) is 6.49. The lowest BCUT2D eigenvalue weighted by Crippen LogP contribution is -2.49. The normalized spacial score (nSPS) is 21.7. The smallest absolute Gasteiger partial charge is 0.282 e. The number of thiazole rings is 1. The molecule has 3 aliphatic heterocycles. The number of hydrogen-bond acceptors (Lipinski definition) is 9. The molecule has 6 rings (SSSR count). The zero-order valence-electron chi connectivity index (χ0n) is 19.9. The van der Waals surface area contributed by atoms with Gasteiger partial charge in [0.05, 0.1) is 16.3 Å². The first kappa shape index (κ1) is 22.6. The van der Waals surface area contributed by atoms with Gasteiger partial charge < -0.3 is 19.4 Å². The van der Waals surface area contributed by atoms with Gasteiger partial charge in [-0.15, -0.1) is 21.5 Å². The summed E-state index contributed by atoms with van der Waals surface area (Å²) >= 11 is 1.47. The predicted molar refractivity (Wildman–Crippen MR) is 137 cm³/mol. The van der Waals surface area contributed by atoms with Crippen molar-refractivity contribution < 1.29 is 9.53 Å². The summed E-state index contributed by atoms with van der Waals surface area (Å²) in [5.74, 6) is 1.83. The molecule has 0 N–H and O–H groups in total. The van der Waals surface area contributed by atoms with Gasteiger partial charge in [0.1, 0.15) is 0 Å². The number of hydrogen-bond donors (Lipinski definition) is 0. The van der Waals surface area contributed by atoms with E-state index in [0.717, 1.165) is 74.3 Å². The summed E-state index contributed by atoms with van der Waals surface area (Å²) in [6, 6.07) is 12.0. The van der Waals surface area contributed by atoms with E-state index in [-0.39, 0.29) is 5.91 Å². The molecule has 9 nitrogen and oxygen atoms in total. The molecule has 184 valence electrons. The SMILES string of the molecule is O=C(c1nc2ccccc2s1)N1CCN(c2ccc(N3CCN(CC4CCCO4)CC3)nn2)CC1. The second kappa shape index (κ2) is 10.0. The standard InChI is InChI=1S/C25H31N7O2S/c33-25(24-26-20-5-1-2-6-21(20)35-24)32-15-13-31(14-16-32)23-8-7-22(27-28-23)30-11-9-29(10-12-30)18-19-4-3-17-34-19/h1-2,5-8,19H,3-4,9-18H2. The van der Waals surface area contributed by atoms with Gasteiger partial charge in [-0.2, -0.15) is 0 Å². The first-order valence-corrected chi connectivity index (χ1v) is 13.4. The van der Waals surface area contributed by atoms with E-state index < -0.39 is 0 Å². The van der Waals surface area contributed by atoms with Crippen LogP contribution in [-0.4, -0.2) is 103 Å². The highest BCUT2D eigenvalue weighted by molar-refractivity contribution is 7.20. The minimum absolute atomic E-state index is 0.0194.